The summed E-state index contributed by atoms with van der Waals surface area (Å²) in [5.74, 6) is 0.652. The number of hydrogen-bond acceptors (Lipinski definition) is 2. The van der Waals surface area contributed by atoms with Gasteiger partial charge in [-0.1, -0.05) is 26.3 Å². The first kappa shape index (κ1) is 13.2. The maximum atomic E-state index is 12.1. The molecule has 0 aromatic rings. The molecule has 0 bridgehead atoms. The van der Waals surface area contributed by atoms with Gasteiger partial charge in [-0.05, 0) is 25.7 Å². The molecular formula is C13H24N2O. The van der Waals surface area contributed by atoms with Gasteiger partial charge in [0.1, 0.15) is 0 Å². The van der Waals surface area contributed by atoms with Gasteiger partial charge in [-0.15, -0.1) is 0 Å². The van der Waals surface area contributed by atoms with E-state index >= 15 is 0 Å². The van der Waals surface area contributed by atoms with Gasteiger partial charge in [0.25, 0.3) is 0 Å². The largest absolute Gasteiger partial charge is 0.339 e. The highest BCUT2D eigenvalue weighted by atomic mass is 16.2. The molecule has 1 aliphatic heterocycles. The molecule has 1 heterocycles. The van der Waals surface area contributed by atoms with Crippen molar-refractivity contribution in [1.82, 2.24) is 4.90 Å². The second-order valence-corrected chi connectivity index (χ2v) is 4.67. The third-order valence-corrected chi connectivity index (χ3v) is 3.45. The molecule has 1 amide bonds. The molecular weight excluding hydrogens is 200 g/mol. The van der Waals surface area contributed by atoms with Crippen molar-refractivity contribution in [3.63, 3.8) is 0 Å². The third-order valence-electron chi connectivity index (χ3n) is 3.45. The summed E-state index contributed by atoms with van der Waals surface area (Å²) in [7, 11) is 0. The van der Waals surface area contributed by atoms with Crippen molar-refractivity contribution in [2.75, 3.05) is 13.1 Å². The van der Waals surface area contributed by atoms with E-state index < -0.39 is 0 Å². The van der Waals surface area contributed by atoms with E-state index in [2.05, 4.69) is 13.8 Å². The van der Waals surface area contributed by atoms with Crippen LogP contribution >= 0.6 is 0 Å². The lowest BCUT2D eigenvalue weighted by atomic mass is 9.90. The van der Waals surface area contributed by atoms with Crippen molar-refractivity contribution in [3.05, 3.63) is 11.6 Å². The highest BCUT2D eigenvalue weighted by molar-refractivity contribution is 5.92. The lowest BCUT2D eigenvalue weighted by Crippen LogP contribution is -2.49. The molecule has 0 saturated carbocycles. The maximum absolute atomic E-state index is 12.1. The van der Waals surface area contributed by atoms with Crippen LogP contribution in [0, 0.1) is 5.92 Å². The van der Waals surface area contributed by atoms with E-state index in [0.29, 0.717) is 5.92 Å². The SMILES string of the molecule is CC/C=C(/C)C(=O)N1CCC(N)C(CC)C1. The average Bonchev–Trinajstić information content (AvgIpc) is 2.29. The van der Waals surface area contributed by atoms with Crippen molar-refractivity contribution in [1.29, 1.82) is 0 Å². The van der Waals surface area contributed by atoms with Crippen molar-refractivity contribution >= 4 is 5.91 Å². The second kappa shape index (κ2) is 6.04. The predicted octanol–water partition coefficient (Wildman–Crippen LogP) is 1.93. The second-order valence-electron chi connectivity index (χ2n) is 4.67. The Morgan fingerprint density at radius 2 is 2.19 bits per heavy atom. The number of nitrogens with zero attached hydrogens (tertiary/aromatic N) is 1. The fourth-order valence-corrected chi connectivity index (χ4v) is 2.31. The van der Waals surface area contributed by atoms with E-state index in [1.807, 2.05) is 17.9 Å². The van der Waals surface area contributed by atoms with Crippen molar-refractivity contribution in [2.45, 2.75) is 46.1 Å². The van der Waals surface area contributed by atoms with Crippen LogP contribution in [0.2, 0.25) is 0 Å². The molecule has 1 fully saturated rings. The molecule has 2 N–H and O–H groups in total. The number of piperidine rings is 1. The van der Waals surface area contributed by atoms with Crippen LogP contribution in [0.5, 0.6) is 0 Å². The monoisotopic (exact) mass is 224 g/mol. The first-order valence-corrected chi connectivity index (χ1v) is 6.31. The zero-order valence-corrected chi connectivity index (χ0v) is 10.7. The predicted molar refractivity (Wildman–Crippen MR) is 67.0 cm³/mol. The Morgan fingerprint density at radius 1 is 1.50 bits per heavy atom. The standard InChI is InChI=1S/C13H24N2O/c1-4-6-10(3)13(16)15-8-7-12(14)11(5-2)9-15/h6,11-12H,4-5,7-9,14H2,1-3H3/b10-6-. The van der Waals surface area contributed by atoms with Gasteiger partial charge in [-0.3, -0.25) is 4.79 Å². The molecule has 0 aliphatic carbocycles. The minimum absolute atomic E-state index is 0.187. The van der Waals surface area contributed by atoms with Gasteiger partial charge in [0, 0.05) is 24.7 Å². The first-order valence-electron chi connectivity index (χ1n) is 6.31. The molecule has 3 nitrogen and oxygen atoms in total. The van der Waals surface area contributed by atoms with Gasteiger partial charge >= 0.3 is 0 Å². The molecule has 2 unspecified atom stereocenters. The van der Waals surface area contributed by atoms with Crippen molar-refractivity contribution < 1.29 is 4.79 Å². The molecule has 0 radical (unpaired) electrons. The number of carbonyl (C=O) groups excluding carboxylic acids is 1. The molecule has 1 rings (SSSR count). The summed E-state index contributed by atoms with van der Waals surface area (Å²) in [4.78, 5) is 14.0. The van der Waals surface area contributed by atoms with Crippen LogP contribution < -0.4 is 5.73 Å². The van der Waals surface area contributed by atoms with Gasteiger partial charge in [0.2, 0.25) is 5.91 Å². The maximum Gasteiger partial charge on any atom is 0.249 e. The van der Waals surface area contributed by atoms with Gasteiger partial charge in [0.15, 0.2) is 0 Å². The minimum atomic E-state index is 0.187. The number of likely N-dealkylation sites (tertiary alicyclic amines) is 1. The lowest BCUT2D eigenvalue weighted by molar-refractivity contribution is -0.129. The Labute approximate surface area is 98.7 Å². The number of carbonyl (C=O) groups is 1. The lowest BCUT2D eigenvalue weighted by Gasteiger charge is -2.36. The summed E-state index contributed by atoms with van der Waals surface area (Å²) in [6.07, 6.45) is 4.91. The number of amides is 1. The highest BCUT2D eigenvalue weighted by Gasteiger charge is 2.28. The van der Waals surface area contributed by atoms with Gasteiger partial charge in [-0.2, -0.15) is 0 Å². The van der Waals surface area contributed by atoms with E-state index in [-0.39, 0.29) is 11.9 Å². The van der Waals surface area contributed by atoms with Crippen molar-refractivity contribution in [2.24, 2.45) is 11.7 Å². The summed E-state index contributed by atoms with van der Waals surface area (Å²) in [5, 5.41) is 0. The Morgan fingerprint density at radius 3 is 2.75 bits per heavy atom. The number of allylic oxidation sites excluding steroid dienone is 1. The molecule has 0 aromatic heterocycles. The van der Waals surface area contributed by atoms with Crippen molar-refractivity contribution in [3.8, 4) is 0 Å². The van der Waals surface area contributed by atoms with E-state index in [4.69, 9.17) is 5.73 Å². The van der Waals surface area contributed by atoms with E-state index in [9.17, 15) is 4.79 Å². The van der Waals surface area contributed by atoms with E-state index in [0.717, 1.165) is 37.9 Å². The smallest absolute Gasteiger partial charge is 0.249 e. The Bertz CT molecular complexity index is 273. The summed E-state index contributed by atoms with van der Waals surface area (Å²) < 4.78 is 0. The van der Waals surface area contributed by atoms with Crippen LogP contribution in [0.15, 0.2) is 11.6 Å². The van der Waals surface area contributed by atoms with Crippen LogP contribution in [-0.2, 0) is 4.79 Å². The van der Waals surface area contributed by atoms with Gasteiger partial charge in [-0.25, -0.2) is 0 Å². The first-order chi connectivity index (χ1) is 7.60. The summed E-state index contributed by atoms with van der Waals surface area (Å²) in [6.45, 7) is 7.74. The zero-order valence-electron chi connectivity index (χ0n) is 10.7. The number of rotatable bonds is 3. The van der Waals surface area contributed by atoms with Crippen LogP contribution in [-0.4, -0.2) is 29.9 Å². The van der Waals surface area contributed by atoms with Crippen LogP contribution in [0.3, 0.4) is 0 Å². The Balaban J connectivity index is 2.62. The molecule has 0 aromatic carbocycles. The molecule has 2 atom stereocenters. The van der Waals surface area contributed by atoms with Crippen LogP contribution in [0.1, 0.15) is 40.0 Å². The van der Waals surface area contributed by atoms with Crippen LogP contribution in [0.25, 0.3) is 0 Å². The van der Waals surface area contributed by atoms with Gasteiger partial charge < -0.3 is 10.6 Å². The Kier molecular flexibility index (Phi) is 5.00. The quantitative estimate of drug-likeness (QED) is 0.745. The molecule has 0 spiro atoms. The van der Waals surface area contributed by atoms with E-state index in [1.165, 1.54) is 0 Å². The van der Waals surface area contributed by atoms with Gasteiger partial charge in [0.05, 0.1) is 0 Å². The third kappa shape index (κ3) is 3.08. The fraction of sp³-hybridized carbons (Fsp3) is 0.769. The summed E-state index contributed by atoms with van der Waals surface area (Å²) in [5.41, 5.74) is 6.90. The zero-order chi connectivity index (χ0) is 12.1. The molecule has 1 saturated heterocycles. The fourth-order valence-electron chi connectivity index (χ4n) is 2.31. The topological polar surface area (TPSA) is 46.3 Å². The Hall–Kier alpha value is -0.830. The number of nitrogens with two attached hydrogens (primary N) is 1. The number of hydrogen-bond donors (Lipinski definition) is 1. The summed E-state index contributed by atoms with van der Waals surface area (Å²) >= 11 is 0. The molecule has 3 heteroatoms. The molecule has 16 heavy (non-hydrogen) atoms. The molecule has 1 aliphatic rings. The minimum Gasteiger partial charge on any atom is -0.339 e. The highest BCUT2D eigenvalue weighted by Crippen LogP contribution is 2.20. The van der Waals surface area contributed by atoms with Crippen LogP contribution in [0.4, 0.5) is 0 Å². The average molecular weight is 224 g/mol. The summed E-state index contributed by atoms with van der Waals surface area (Å²) in [6, 6.07) is 0.268. The van der Waals surface area contributed by atoms with E-state index in [1.54, 1.807) is 0 Å². The molecule has 92 valence electrons. The normalized spacial score (nSPS) is 27.0.